The number of hydrogen-bond acceptors (Lipinski definition) is 3. The van der Waals surface area contributed by atoms with Gasteiger partial charge in [0.1, 0.15) is 11.9 Å². The van der Waals surface area contributed by atoms with Crippen molar-refractivity contribution in [2.45, 2.75) is 13.0 Å². The molecule has 0 saturated heterocycles. The lowest BCUT2D eigenvalue weighted by Crippen LogP contribution is -2.00. The Kier molecular flexibility index (Phi) is 4.04. The molecule has 0 fully saturated rings. The molecule has 124 valence electrons. The zero-order valence-corrected chi connectivity index (χ0v) is 14.6. The SMILES string of the molecule is Cc1ccc(C(O)c2c(-c3ccc(O)cc3)sc3ccccc23)cc1. The monoisotopic (exact) mass is 346 g/mol. The van der Waals surface area contributed by atoms with E-state index in [0.717, 1.165) is 31.7 Å². The average molecular weight is 346 g/mol. The number of aliphatic hydroxyl groups is 1. The molecule has 1 heterocycles. The third kappa shape index (κ3) is 2.93. The van der Waals surface area contributed by atoms with Gasteiger partial charge in [-0.05, 0) is 53.8 Å². The Morgan fingerprint density at radius 3 is 2.24 bits per heavy atom. The van der Waals surface area contributed by atoms with Crippen LogP contribution in [0.1, 0.15) is 22.8 Å². The summed E-state index contributed by atoms with van der Waals surface area (Å²) < 4.78 is 1.15. The fourth-order valence-corrected chi connectivity index (χ4v) is 4.32. The molecule has 1 unspecified atom stereocenters. The van der Waals surface area contributed by atoms with Crippen LogP contribution in [0.5, 0.6) is 5.75 Å². The van der Waals surface area contributed by atoms with Gasteiger partial charge >= 0.3 is 0 Å². The van der Waals surface area contributed by atoms with Crippen LogP contribution in [0.15, 0.2) is 72.8 Å². The van der Waals surface area contributed by atoms with Crippen LogP contribution < -0.4 is 0 Å². The van der Waals surface area contributed by atoms with E-state index in [4.69, 9.17) is 0 Å². The van der Waals surface area contributed by atoms with Crippen LogP contribution in [0.4, 0.5) is 0 Å². The van der Waals surface area contributed by atoms with Crippen molar-refractivity contribution in [3.63, 3.8) is 0 Å². The minimum Gasteiger partial charge on any atom is -0.508 e. The van der Waals surface area contributed by atoms with E-state index in [1.165, 1.54) is 5.56 Å². The maximum absolute atomic E-state index is 11.1. The van der Waals surface area contributed by atoms with Gasteiger partial charge in [0, 0.05) is 15.1 Å². The molecule has 0 aliphatic rings. The summed E-state index contributed by atoms with van der Waals surface area (Å²) in [4.78, 5) is 1.04. The predicted molar refractivity (Wildman–Crippen MR) is 104 cm³/mol. The van der Waals surface area contributed by atoms with Crippen LogP contribution in [0.2, 0.25) is 0 Å². The number of rotatable bonds is 3. The first-order valence-electron chi connectivity index (χ1n) is 8.19. The summed E-state index contributed by atoms with van der Waals surface area (Å²) in [7, 11) is 0. The second-order valence-corrected chi connectivity index (χ2v) is 7.25. The van der Waals surface area contributed by atoms with Crippen LogP contribution in [-0.2, 0) is 0 Å². The van der Waals surface area contributed by atoms with Crippen LogP contribution in [0.3, 0.4) is 0 Å². The lowest BCUT2D eigenvalue weighted by Gasteiger charge is -2.14. The molecule has 0 spiro atoms. The maximum atomic E-state index is 11.1. The maximum Gasteiger partial charge on any atom is 0.115 e. The molecule has 0 saturated carbocycles. The van der Waals surface area contributed by atoms with Crippen molar-refractivity contribution in [1.29, 1.82) is 0 Å². The molecule has 1 atom stereocenters. The molecule has 25 heavy (non-hydrogen) atoms. The Balaban J connectivity index is 1.92. The zero-order valence-electron chi connectivity index (χ0n) is 13.8. The summed E-state index contributed by atoms with van der Waals surface area (Å²) >= 11 is 1.67. The van der Waals surface area contributed by atoms with E-state index < -0.39 is 6.10 Å². The average Bonchev–Trinajstić information content (AvgIpc) is 3.02. The number of thiophene rings is 1. The molecule has 4 rings (SSSR count). The molecule has 0 aliphatic carbocycles. The Labute approximate surface area is 150 Å². The Hall–Kier alpha value is -2.62. The van der Waals surface area contributed by atoms with Gasteiger partial charge in [0.15, 0.2) is 0 Å². The summed E-state index contributed by atoms with van der Waals surface area (Å²) in [6.45, 7) is 2.04. The van der Waals surface area contributed by atoms with Crippen molar-refractivity contribution in [2.75, 3.05) is 0 Å². The molecule has 0 radical (unpaired) electrons. The van der Waals surface area contributed by atoms with Crippen molar-refractivity contribution in [3.05, 3.63) is 89.5 Å². The number of hydrogen-bond donors (Lipinski definition) is 2. The summed E-state index contributed by atoms with van der Waals surface area (Å²) in [6.07, 6.45) is -0.694. The molecule has 0 amide bonds. The van der Waals surface area contributed by atoms with Gasteiger partial charge in [0.25, 0.3) is 0 Å². The normalized spacial score (nSPS) is 12.4. The predicted octanol–water partition coefficient (Wildman–Crippen LogP) is 5.66. The molecule has 2 nitrogen and oxygen atoms in total. The second kappa shape index (κ2) is 6.36. The summed E-state index contributed by atoms with van der Waals surface area (Å²) in [5.74, 6) is 0.241. The van der Waals surface area contributed by atoms with E-state index in [9.17, 15) is 10.2 Å². The molecular weight excluding hydrogens is 328 g/mol. The van der Waals surface area contributed by atoms with Crippen molar-refractivity contribution >= 4 is 21.4 Å². The summed E-state index contributed by atoms with van der Waals surface area (Å²) in [5, 5.41) is 21.8. The molecule has 3 heteroatoms. The number of fused-ring (bicyclic) bond motifs is 1. The molecule has 1 aromatic heterocycles. The number of aromatic hydroxyl groups is 1. The van der Waals surface area contributed by atoms with Gasteiger partial charge in [0.05, 0.1) is 0 Å². The van der Waals surface area contributed by atoms with Gasteiger partial charge < -0.3 is 10.2 Å². The van der Waals surface area contributed by atoms with Crippen molar-refractivity contribution in [2.24, 2.45) is 0 Å². The number of phenols is 1. The van der Waals surface area contributed by atoms with Crippen molar-refractivity contribution in [1.82, 2.24) is 0 Å². The quantitative estimate of drug-likeness (QED) is 0.502. The number of aryl methyl sites for hydroxylation is 1. The minimum atomic E-state index is -0.694. The highest BCUT2D eigenvalue weighted by Gasteiger charge is 2.21. The molecular formula is C22H18O2S. The number of phenolic OH excluding ortho intramolecular Hbond substituents is 1. The first-order chi connectivity index (χ1) is 12.1. The van der Waals surface area contributed by atoms with Gasteiger partial charge in [-0.15, -0.1) is 11.3 Å². The largest absolute Gasteiger partial charge is 0.508 e. The fraction of sp³-hybridized carbons (Fsp3) is 0.0909. The Bertz CT molecular complexity index is 1010. The summed E-state index contributed by atoms with van der Waals surface area (Å²) in [6, 6.07) is 23.3. The number of benzene rings is 3. The highest BCUT2D eigenvalue weighted by atomic mass is 32.1. The third-order valence-corrected chi connectivity index (χ3v) is 5.67. The lowest BCUT2D eigenvalue weighted by molar-refractivity contribution is 0.223. The topological polar surface area (TPSA) is 40.5 Å². The minimum absolute atomic E-state index is 0.241. The molecule has 2 N–H and O–H groups in total. The molecule has 4 aromatic rings. The standard InChI is InChI=1S/C22H18O2S/c1-14-6-8-15(9-7-14)21(24)20-18-4-2-3-5-19(18)25-22(20)16-10-12-17(23)13-11-16/h2-13,21,23-24H,1H3. The third-order valence-electron chi connectivity index (χ3n) is 4.43. The first-order valence-corrected chi connectivity index (χ1v) is 9.00. The zero-order chi connectivity index (χ0) is 17.4. The van der Waals surface area contributed by atoms with Gasteiger partial charge in [-0.1, -0.05) is 48.0 Å². The van der Waals surface area contributed by atoms with E-state index in [1.807, 2.05) is 55.5 Å². The van der Waals surface area contributed by atoms with Crippen molar-refractivity contribution < 1.29 is 10.2 Å². The van der Waals surface area contributed by atoms with E-state index in [0.29, 0.717) is 0 Å². The van der Waals surface area contributed by atoms with Gasteiger partial charge in [-0.3, -0.25) is 0 Å². The highest BCUT2D eigenvalue weighted by molar-refractivity contribution is 7.22. The fourth-order valence-electron chi connectivity index (χ4n) is 3.08. The first kappa shape index (κ1) is 15.9. The Morgan fingerprint density at radius 2 is 1.52 bits per heavy atom. The van der Waals surface area contributed by atoms with Crippen LogP contribution in [-0.4, -0.2) is 10.2 Å². The highest BCUT2D eigenvalue weighted by Crippen LogP contribution is 2.43. The van der Waals surface area contributed by atoms with Gasteiger partial charge in [-0.25, -0.2) is 0 Å². The Morgan fingerprint density at radius 1 is 0.840 bits per heavy atom. The van der Waals surface area contributed by atoms with Crippen LogP contribution in [0.25, 0.3) is 20.5 Å². The van der Waals surface area contributed by atoms with E-state index >= 15 is 0 Å². The summed E-state index contributed by atoms with van der Waals surface area (Å²) in [5.41, 5.74) is 3.98. The molecule has 0 bridgehead atoms. The van der Waals surface area contributed by atoms with E-state index in [2.05, 4.69) is 12.1 Å². The van der Waals surface area contributed by atoms with Gasteiger partial charge in [-0.2, -0.15) is 0 Å². The lowest BCUT2D eigenvalue weighted by atomic mass is 9.95. The van der Waals surface area contributed by atoms with Crippen molar-refractivity contribution in [3.8, 4) is 16.2 Å². The van der Waals surface area contributed by atoms with E-state index in [1.54, 1.807) is 23.5 Å². The molecule has 0 aliphatic heterocycles. The molecule has 3 aromatic carbocycles. The van der Waals surface area contributed by atoms with Crippen LogP contribution >= 0.6 is 11.3 Å². The smallest absolute Gasteiger partial charge is 0.115 e. The van der Waals surface area contributed by atoms with Gasteiger partial charge in [0.2, 0.25) is 0 Å². The van der Waals surface area contributed by atoms with Crippen LogP contribution in [0, 0.1) is 6.92 Å². The second-order valence-electron chi connectivity index (χ2n) is 6.20. The van der Waals surface area contributed by atoms with E-state index in [-0.39, 0.29) is 5.75 Å². The number of aliphatic hydroxyl groups excluding tert-OH is 1.